The number of carbonyl (C=O) groups excluding carboxylic acids is 2. The van der Waals surface area contributed by atoms with Crippen molar-refractivity contribution in [3.63, 3.8) is 0 Å². The summed E-state index contributed by atoms with van der Waals surface area (Å²) in [5.41, 5.74) is 5.28. The lowest BCUT2D eigenvalue weighted by Gasteiger charge is -2.19. The Morgan fingerprint density at radius 1 is 1.04 bits per heavy atom. The monoisotopic (exact) mass is 673 g/mol. The molecule has 0 saturated heterocycles. The van der Waals surface area contributed by atoms with Crippen LogP contribution in [0, 0.1) is 0 Å². The third-order valence-corrected chi connectivity index (χ3v) is 9.13. The number of thioether (sulfide) groups is 1. The van der Waals surface area contributed by atoms with Crippen molar-refractivity contribution < 1.29 is 23.8 Å². The lowest BCUT2D eigenvalue weighted by molar-refractivity contribution is -0.120. The van der Waals surface area contributed by atoms with Crippen molar-refractivity contribution in [1.82, 2.24) is 15.3 Å². The summed E-state index contributed by atoms with van der Waals surface area (Å²) in [5.74, 6) is 2.77. The van der Waals surface area contributed by atoms with Crippen LogP contribution in [-0.4, -0.2) is 61.2 Å². The average Bonchev–Trinajstić information content (AvgIpc) is 3.36. The Labute approximate surface area is 284 Å². The number of anilines is 2. The quantitative estimate of drug-likeness (QED) is 0.142. The summed E-state index contributed by atoms with van der Waals surface area (Å²) >= 11 is 1.62. The second kappa shape index (κ2) is 15.0. The molecule has 5 rings (SSSR count). The van der Waals surface area contributed by atoms with E-state index in [-0.39, 0.29) is 28.8 Å². The average molecular weight is 674 g/mol. The molecule has 2 atom stereocenters. The molecule has 1 heterocycles. The highest BCUT2D eigenvalue weighted by molar-refractivity contribution is 7.98. The Morgan fingerprint density at radius 3 is 2.48 bits per heavy atom. The molecule has 0 fully saturated rings. The third kappa shape index (κ3) is 7.23. The number of benzene rings is 2. The summed E-state index contributed by atoms with van der Waals surface area (Å²) in [7, 11) is 4.67. The van der Waals surface area contributed by atoms with E-state index in [2.05, 4.69) is 39.8 Å². The molecule has 0 saturated carbocycles. The Bertz CT molecular complexity index is 1890. The molecule has 0 aliphatic heterocycles. The van der Waals surface area contributed by atoms with E-state index >= 15 is 0 Å². The highest BCUT2D eigenvalue weighted by Crippen LogP contribution is 2.50. The predicted octanol–water partition coefficient (Wildman–Crippen LogP) is 6.04. The fourth-order valence-corrected chi connectivity index (χ4v) is 6.60. The molecule has 0 bridgehead atoms. The number of nitrogens with one attached hydrogen (secondary N) is 4. The zero-order chi connectivity index (χ0) is 34.5. The van der Waals surface area contributed by atoms with Crippen LogP contribution in [0.5, 0.6) is 17.2 Å². The zero-order valence-electron chi connectivity index (χ0n) is 28.4. The number of nitrogens with zero attached hydrogens (tertiary/aromatic N) is 1. The highest BCUT2D eigenvalue weighted by Gasteiger charge is 2.30. The number of fused-ring (bicyclic) bond motifs is 4. The lowest BCUT2D eigenvalue weighted by Crippen LogP contribution is -2.36. The third-order valence-electron chi connectivity index (χ3n) is 8.49. The van der Waals surface area contributed by atoms with Gasteiger partial charge in [-0.05, 0) is 84.4 Å². The fraction of sp³-hybridized carbons (Fsp3) is 0.389. The number of carbonyl (C=O) groups is 2. The molecule has 0 radical (unpaired) electrons. The van der Waals surface area contributed by atoms with Crippen LogP contribution in [0.1, 0.15) is 62.5 Å². The summed E-state index contributed by atoms with van der Waals surface area (Å²) in [4.78, 5) is 47.9. The Morgan fingerprint density at radius 2 is 1.81 bits per heavy atom. The minimum Gasteiger partial charge on any atom is -0.493 e. The van der Waals surface area contributed by atoms with E-state index in [0.29, 0.717) is 59.1 Å². The first kappa shape index (κ1) is 34.6. The lowest BCUT2D eigenvalue weighted by atomic mass is 9.95. The molecular weight excluding hydrogens is 630 g/mol. The van der Waals surface area contributed by atoms with Crippen LogP contribution >= 0.6 is 11.8 Å². The van der Waals surface area contributed by atoms with E-state index in [4.69, 9.17) is 14.2 Å². The van der Waals surface area contributed by atoms with Crippen LogP contribution in [0.15, 0.2) is 47.3 Å². The number of amides is 2. The number of hydrogen-bond acceptors (Lipinski definition) is 9. The number of methoxy groups -OCH3 is 3. The summed E-state index contributed by atoms with van der Waals surface area (Å²) in [6.07, 6.45) is 3.59. The van der Waals surface area contributed by atoms with Crippen LogP contribution < -0.4 is 35.6 Å². The highest BCUT2D eigenvalue weighted by atomic mass is 32.2. The van der Waals surface area contributed by atoms with Crippen molar-refractivity contribution in [3.05, 3.63) is 69.6 Å². The first-order chi connectivity index (χ1) is 23.1. The van der Waals surface area contributed by atoms with Gasteiger partial charge in [-0.15, -0.1) is 0 Å². The Balaban J connectivity index is 1.55. The van der Waals surface area contributed by atoms with Crippen LogP contribution in [0.3, 0.4) is 0 Å². The Hall–Kier alpha value is -4.71. The van der Waals surface area contributed by atoms with Crippen LogP contribution in [0.4, 0.5) is 11.4 Å². The van der Waals surface area contributed by atoms with Gasteiger partial charge >= 0.3 is 0 Å². The molecule has 11 nitrogen and oxygen atoms in total. The van der Waals surface area contributed by atoms with Gasteiger partial charge in [0, 0.05) is 24.1 Å². The molecule has 4 N–H and O–H groups in total. The maximum Gasteiger partial charge on any atom is 0.246 e. The number of aromatic nitrogens is 2. The number of rotatable bonds is 12. The van der Waals surface area contributed by atoms with Gasteiger partial charge in [0.15, 0.2) is 11.5 Å². The predicted molar refractivity (Wildman–Crippen MR) is 192 cm³/mol. The van der Waals surface area contributed by atoms with E-state index < -0.39 is 12.1 Å². The standard InChI is InChI=1S/C36H43N5O6S/c1-19(2)35-40-26-12-9-22(17-29(26)41-35)38-36(44)28(14-15-48-7)39-27-13-10-23-24(18-30(27)43)25(37-20(3)42)11-8-21-16-31(45-4)33(46-5)34(47-6)32(21)23/h9-10,12-13,16-19,25,28H,8,11,14-15H2,1-7H3,(H,37,42)(H,38,44)(H,39,43)(H,40,41)/t25-,28+/m1/s1. The van der Waals surface area contributed by atoms with Crippen LogP contribution in [0.2, 0.25) is 0 Å². The smallest absolute Gasteiger partial charge is 0.246 e. The minimum absolute atomic E-state index is 0.209. The SMILES string of the molecule is COc1cc2c(c(OC)c1OC)-c1ccc(N[C@@H](CCSC)C(=O)Nc3ccc4nc(C(C)C)[nH]c4c3)c(=O)cc1[C@H](NC(C)=O)CC2. The van der Waals surface area contributed by atoms with Gasteiger partial charge in [-0.1, -0.05) is 19.9 Å². The van der Waals surface area contributed by atoms with Crippen molar-refractivity contribution in [1.29, 1.82) is 0 Å². The number of hydrogen-bond donors (Lipinski definition) is 4. The normalized spacial score (nSPS) is 14.4. The number of ether oxygens (including phenoxy) is 3. The molecule has 1 aromatic heterocycles. The first-order valence-corrected chi connectivity index (χ1v) is 17.3. The van der Waals surface area contributed by atoms with Gasteiger partial charge in [-0.2, -0.15) is 11.8 Å². The summed E-state index contributed by atoms with van der Waals surface area (Å²) in [5, 5.41) is 9.29. The molecule has 0 unspecified atom stereocenters. The van der Waals surface area contributed by atoms with Gasteiger partial charge in [0.25, 0.3) is 0 Å². The molecule has 1 aliphatic carbocycles. The van der Waals surface area contributed by atoms with Crippen LogP contribution in [-0.2, 0) is 16.0 Å². The van der Waals surface area contributed by atoms with Gasteiger partial charge in [-0.3, -0.25) is 14.4 Å². The molecule has 48 heavy (non-hydrogen) atoms. The maximum atomic E-state index is 13.9. The van der Waals surface area contributed by atoms with E-state index in [1.807, 2.05) is 36.6 Å². The van der Waals surface area contributed by atoms with Gasteiger partial charge in [0.05, 0.1) is 44.1 Å². The van der Waals surface area contributed by atoms with Crippen molar-refractivity contribution >= 4 is 46.0 Å². The van der Waals surface area contributed by atoms with Gasteiger partial charge < -0.3 is 35.1 Å². The molecule has 12 heteroatoms. The van der Waals surface area contributed by atoms with Crippen molar-refractivity contribution in [2.24, 2.45) is 0 Å². The Kier molecular flexibility index (Phi) is 10.8. The number of H-pyrrole nitrogens is 1. The molecule has 0 spiro atoms. The zero-order valence-corrected chi connectivity index (χ0v) is 29.2. The largest absolute Gasteiger partial charge is 0.493 e. The van der Waals surface area contributed by atoms with Crippen LogP contribution in [0.25, 0.3) is 22.2 Å². The molecular formula is C36H43N5O6S. The molecule has 254 valence electrons. The topological polar surface area (TPSA) is 144 Å². The van der Waals surface area contributed by atoms with Gasteiger partial charge in [0.1, 0.15) is 11.9 Å². The summed E-state index contributed by atoms with van der Waals surface area (Å²) in [6, 6.07) is 11.4. The fourth-order valence-electron chi connectivity index (χ4n) is 6.13. The number of aryl methyl sites for hydroxylation is 1. The number of imidazole rings is 1. The van der Waals surface area contributed by atoms with E-state index in [0.717, 1.165) is 28.0 Å². The van der Waals surface area contributed by atoms with Crippen molar-refractivity contribution in [2.75, 3.05) is 44.0 Å². The number of aromatic amines is 1. The van der Waals surface area contributed by atoms with E-state index in [1.165, 1.54) is 6.92 Å². The second-order valence-corrected chi connectivity index (χ2v) is 13.1. The van der Waals surface area contributed by atoms with Gasteiger partial charge in [0.2, 0.25) is 23.0 Å². The van der Waals surface area contributed by atoms with E-state index in [1.54, 1.807) is 45.2 Å². The van der Waals surface area contributed by atoms with Crippen molar-refractivity contribution in [3.8, 4) is 28.4 Å². The summed E-state index contributed by atoms with van der Waals surface area (Å²) < 4.78 is 17.2. The maximum absolute atomic E-state index is 13.9. The first-order valence-electron chi connectivity index (χ1n) is 15.9. The molecule has 2 amide bonds. The van der Waals surface area contributed by atoms with Gasteiger partial charge in [-0.25, -0.2) is 4.98 Å². The van der Waals surface area contributed by atoms with E-state index in [9.17, 15) is 14.4 Å². The molecule has 1 aliphatic rings. The van der Waals surface area contributed by atoms with Crippen molar-refractivity contribution in [2.45, 2.75) is 58.0 Å². The minimum atomic E-state index is -0.701. The molecule has 4 aromatic rings. The molecule has 3 aromatic carbocycles. The second-order valence-electron chi connectivity index (χ2n) is 12.1. The summed E-state index contributed by atoms with van der Waals surface area (Å²) in [6.45, 7) is 5.59.